The largest absolute Gasteiger partial charge is 0.353 e. The van der Waals surface area contributed by atoms with Crippen LogP contribution in [0, 0.1) is 5.92 Å². The molecule has 0 unspecified atom stereocenters. The number of benzene rings is 1. The fraction of sp³-hybridized carbons (Fsp3) is 0.556. The smallest absolute Gasteiger partial charge is 0.225 e. The van der Waals surface area contributed by atoms with E-state index in [1.54, 1.807) is 11.3 Å². The molecule has 1 aromatic carbocycles. The van der Waals surface area contributed by atoms with E-state index in [4.69, 9.17) is 4.98 Å². The summed E-state index contributed by atoms with van der Waals surface area (Å²) in [5.74, 6) is 0.360. The summed E-state index contributed by atoms with van der Waals surface area (Å²) in [6.07, 6.45) is 6.89. The molecular weight excluding hydrogens is 306 g/mol. The predicted octanol–water partition coefficient (Wildman–Crippen LogP) is 3.57. The Morgan fingerprint density at radius 2 is 2.00 bits per heavy atom. The van der Waals surface area contributed by atoms with Crippen LogP contribution >= 0.6 is 11.3 Å². The summed E-state index contributed by atoms with van der Waals surface area (Å²) in [5.41, 5.74) is 1.06. The standard InChI is InChI=1S/C18H23N3OS/c22-17(19-14-7-1-2-8-14)13-6-5-11-21(12-13)18-20-15-9-3-4-10-16(15)23-18/h3-4,9-10,13-14H,1-2,5-8,11-12H2,(H,19,22)/t13-/m1/s1. The first kappa shape index (κ1) is 14.9. The summed E-state index contributed by atoms with van der Waals surface area (Å²) in [7, 11) is 0. The lowest BCUT2D eigenvalue weighted by molar-refractivity contribution is -0.125. The van der Waals surface area contributed by atoms with Crippen LogP contribution in [0.2, 0.25) is 0 Å². The second kappa shape index (κ2) is 6.48. The number of hydrogen-bond donors (Lipinski definition) is 1. The van der Waals surface area contributed by atoms with E-state index < -0.39 is 0 Å². The molecule has 4 rings (SSSR count). The van der Waals surface area contributed by atoms with Gasteiger partial charge in [-0.25, -0.2) is 4.98 Å². The van der Waals surface area contributed by atoms with E-state index in [0.717, 1.165) is 49.4 Å². The third-order valence-electron chi connectivity index (χ3n) is 5.05. The number of aromatic nitrogens is 1. The maximum atomic E-state index is 12.5. The van der Waals surface area contributed by atoms with Crippen molar-refractivity contribution in [1.29, 1.82) is 0 Å². The molecule has 0 radical (unpaired) electrons. The third-order valence-corrected chi connectivity index (χ3v) is 6.14. The number of para-hydroxylation sites is 1. The van der Waals surface area contributed by atoms with Crippen LogP contribution in [0.15, 0.2) is 24.3 Å². The molecule has 2 aliphatic rings. The minimum Gasteiger partial charge on any atom is -0.353 e. The monoisotopic (exact) mass is 329 g/mol. The number of carbonyl (C=O) groups is 1. The van der Waals surface area contributed by atoms with Gasteiger partial charge in [-0.3, -0.25) is 4.79 Å². The van der Waals surface area contributed by atoms with Crippen LogP contribution in [0.4, 0.5) is 5.13 Å². The normalized spacial score (nSPS) is 22.6. The number of rotatable bonds is 3. The van der Waals surface area contributed by atoms with Gasteiger partial charge in [0.15, 0.2) is 5.13 Å². The second-order valence-corrected chi connectivity index (χ2v) is 7.75. The Morgan fingerprint density at radius 3 is 2.83 bits per heavy atom. The Kier molecular flexibility index (Phi) is 4.21. The van der Waals surface area contributed by atoms with Crippen LogP contribution in [0.1, 0.15) is 38.5 Å². The highest BCUT2D eigenvalue weighted by atomic mass is 32.1. The lowest BCUT2D eigenvalue weighted by Gasteiger charge is -2.32. The number of piperidine rings is 1. The van der Waals surface area contributed by atoms with Gasteiger partial charge in [0, 0.05) is 19.1 Å². The van der Waals surface area contributed by atoms with Gasteiger partial charge in [-0.2, -0.15) is 0 Å². The number of hydrogen-bond acceptors (Lipinski definition) is 4. The van der Waals surface area contributed by atoms with Gasteiger partial charge >= 0.3 is 0 Å². The maximum Gasteiger partial charge on any atom is 0.225 e. The summed E-state index contributed by atoms with van der Waals surface area (Å²) in [6, 6.07) is 8.67. The molecule has 122 valence electrons. The van der Waals surface area contributed by atoms with Gasteiger partial charge in [-0.15, -0.1) is 0 Å². The zero-order chi connectivity index (χ0) is 15.6. The molecule has 1 N–H and O–H groups in total. The molecule has 2 fully saturated rings. The summed E-state index contributed by atoms with van der Waals surface area (Å²) >= 11 is 1.73. The fourth-order valence-corrected chi connectivity index (χ4v) is 4.75. The van der Waals surface area contributed by atoms with Gasteiger partial charge in [0.25, 0.3) is 0 Å². The molecule has 1 saturated heterocycles. The highest BCUT2D eigenvalue weighted by Crippen LogP contribution is 2.31. The molecule has 1 aliphatic heterocycles. The number of amides is 1. The van der Waals surface area contributed by atoms with Crippen LogP contribution in [-0.2, 0) is 4.79 Å². The molecule has 0 bridgehead atoms. The summed E-state index contributed by atoms with van der Waals surface area (Å²) < 4.78 is 1.22. The molecule has 2 aromatic rings. The van der Waals surface area contributed by atoms with Crippen molar-refractivity contribution in [3.8, 4) is 0 Å². The SMILES string of the molecule is O=C(NC1CCCC1)[C@@H]1CCCN(c2nc3ccccc3s2)C1. The van der Waals surface area contributed by atoms with Gasteiger partial charge in [0.1, 0.15) is 0 Å². The van der Waals surface area contributed by atoms with E-state index in [1.165, 1.54) is 17.5 Å². The molecule has 2 heterocycles. The molecule has 1 atom stereocenters. The van der Waals surface area contributed by atoms with Crippen molar-refractivity contribution in [2.45, 2.75) is 44.6 Å². The number of fused-ring (bicyclic) bond motifs is 1. The highest BCUT2D eigenvalue weighted by Gasteiger charge is 2.29. The number of thiazole rings is 1. The minimum atomic E-state index is 0.108. The number of carbonyl (C=O) groups excluding carboxylic acids is 1. The van der Waals surface area contributed by atoms with Gasteiger partial charge in [-0.1, -0.05) is 36.3 Å². The maximum absolute atomic E-state index is 12.5. The molecule has 0 spiro atoms. The van der Waals surface area contributed by atoms with Crippen molar-refractivity contribution in [2.75, 3.05) is 18.0 Å². The van der Waals surface area contributed by atoms with E-state index in [0.29, 0.717) is 6.04 Å². The molecule has 1 aromatic heterocycles. The van der Waals surface area contributed by atoms with Crippen LogP contribution in [-0.4, -0.2) is 30.0 Å². The van der Waals surface area contributed by atoms with Crippen LogP contribution in [0.25, 0.3) is 10.2 Å². The Morgan fingerprint density at radius 1 is 1.17 bits per heavy atom. The van der Waals surface area contributed by atoms with Crippen LogP contribution < -0.4 is 10.2 Å². The van der Waals surface area contributed by atoms with Crippen LogP contribution in [0.3, 0.4) is 0 Å². The molecule has 1 saturated carbocycles. The lowest BCUT2D eigenvalue weighted by atomic mass is 9.97. The van der Waals surface area contributed by atoms with Gasteiger partial charge in [0.2, 0.25) is 5.91 Å². The van der Waals surface area contributed by atoms with E-state index in [2.05, 4.69) is 28.4 Å². The van der Waals surface area contributed by atoms with Crippen molar-refractivity contribution < 1.29 is 4.79 Å². The van der Waals surface area contributed by atoms with E-state index in [1.807, 2.05) is 6.07 Å². The highest BCUT2D eigenvalue weighted by molar-refractivity contribution is 7.22. The third kappa shape index (κ3) is 3.20. The van der Waals surface area contributed by atoms with Crippen molar-refractivity contribution in [3.63, 3.8) is 0 Å². The Hall–Kier alpha value is -1.62. The van der Waals surface area contributed by atoms with E-state index in [-0.39, 0.29) is 11.8 Å². The summed E-state index contributed by atoms with van der Waals surface area (Å²) in [5, 5.41) is 4.32. The Labute approximate surface area is 140 Å². The average Bonchev–Trinajstić information content (AvgIpc) is 3.24. The lowest BCUT2D eigenvalue weighted by Crippen LogP contribution is -2.45. The molecular formula is C18H23N3OS. The minimum absolute atomic E-state index is 0.108. The Balaban J connectivity index is 1.44. The molecule has 23 heavy (non-hydrogen) atoms. The molecule has 5 heteroatoms. The second-order valence-electron chi connectivity index (χ2n) is 6.74. The predicted molar refractivity (Wildman–Crippen MR) is 95.0 cm³/mol. The average molecular weight is 329 g/mol. The summed E-state index contributed by atoms with van der Waals surface area (Å²) in [6.45, 7) is 1.81. The van der Waals surface area contributed by atoms with E-state index >= 15 is 0 Å². The first-order valence-electron chi connectivity index (χ1n) is 8.70. The van der Waals surface area contributed by atoms with Crippen molar-refractivity contribution in [1.82, 2.24) is 10.3 Å². The van der Waals surface area contributed by atoms with Gasteiger partial charge in [-0.05, 0) is 37.8 Å². The topological polar surface area (TPSA) is 45.2 Å². The number of nitrogens with zero attached hydrogens (tertiary/aromatic N) is 2. The summed E-state index contributed by atoms with van der Waals surface area (Å²) in [4.78, 5) is 19.6. The quantitative estimate of drug-likeness (QED) is 0.936. The van der Waals surface area contributed by atoms with Crippen molar-refractivity contribution in [3.05, 3.63) is 24.3 Å². The van der Waals surface area contributed by atoms with E-state index in [9.17, 15) is 4.79 Å². The first-order valence-corrected chi connectivity index (χ1v) is 9.52. The Bertz CT molecular complexity index is 659. The van der Waals surface area contributed by atoms with Crippen molar-refractivity contribution in [2.24, 2.45) is 5.92 Å². The number of nitrogens with one attached hydrogen (secondary N) is 1. The zero-order valence-corrected chi connectivity index (χ0v) is 14.1. The zero-order valence-electron chi connectivity index (χ0n) is 13.3. The molecule has 1 aliphatic carbocycles. The first-order chi connectivity index (χ1) is 11.3. The van der Waals surface area contributed by atoms with Crippen molar-refractivity contribution >= 4 is 32.6 Å². The fourth-order valence-electron chi connectivity index (χ4n) is 3.75. The van der Waals surface area contributed by atoms with Gasteiger partial charge in [0.05, 0.1) is 16.1 Å². The van der Waals surface area contributed by atoms with Crippen LogP contribution in [0.5, 0.6) is 0 Å². The molecule has 1 amide bonds. The van der Waals surface area contributed by atoms with Gasteiger partial charge < -0.3 is 10.2 Å². The number of anilines is 1. The molecule has 4 nitrogen and oxygen atoms in total.